The van der Waals surface area contributed by atoms with Crippen molar-refractivity contribution in [2.24, 2.45) is 0 Å². The molecule has 2 rings (SSSR count). The third-order valence-corrected chi connectivity index (χ3v) is 2.76. The van der Waals surface area contributed by atoms with Crippen LogP contribution in [0.3, 0.4) is 0 Å². The molecule has 0 aliphatic heterocycles. The van der Waals surface area contributed by atoms with Crippen LogP contribution in [0, 0.1) is 6.92 Å². The Morgan fingerprint density at radius 3 is 3.00 bits per heavy atom. The number of aromatic nitrogens is 1. The van der Waals surface area contributed by atoms with Gasteiger partial charge in [-0.25, -0.2) is 0 Å². The lowest BCUT2D eigenvalue weighted by atomic mass is 10.2. The Balaban J connectivity index is 1.67. The summed E-state index contributed by atoms with van der Waals surface area (Å²) in [4.78, 5) is 14.6. The molecule has 0 atom stereocenters. The molecule has 0 unspecified atom stereocenters. The molecule has 0 aliphatic rings. The molecule has 100 valence electrons. The second-order valence-corrected chi connectivity index (χ2v) is 4.42. The molecule has 19 heavy (non-hydrogen) atoms. The van der Waals surface area contributed by atoms with E-state index in [1.54, 1.807) is 0 Å². The number of aromatic amines is 1. The maximum Gasteiger partial charge on any atom is 0.257 e. The number of carbonyl (C=O) groups excluding carboxylic acids is 1. The van der Waals surface area contributed by atoms with Gasteiger partial charge in [0.05, 0.1) is 0 Å². The lowest BCUT2D eigenvalue weighted by molar-refractivity contribution is -0.123. The lowest BCUT2D eigenvalue weighted by Gasteiger charge is -2.07. The minimum Gasteiger partial charge on any atom is -0.484 e. The summed E-state index contributed by atoms with van der Waals surface area (Å²) in [5.41, 5.74) is 2.30. The predicted molar refractivity (Wildman–Crippen MR) is 74.2 cm³/mol. The van der Waals surface area contributed by atoms with E-state index in [9.17, 15) is 4.79 Å². The van der Waals surface area contributed by atoms with E-state index in [-0.39, 0.29) is 12.5 Å². The van der Waals surface area contributed by atoms with E-state index in [1.165, 1.54) is 5.56 Å². The Morgan fingerprint density at radius 2 is 2.26 bits per heavy atom. The molecule has 0 bridgehead atoms. The number of rotatable bonds is 6. The van der Waals surface area contributed by atoms with Gasteiger partial charge in [0, 0.05) is 18.9 Å². The number of ether oxygens (including phenoxy) is 1. The Bertz CT molecular complexity index is 521. The molecule has 1 amide bonds. The van der Waals surface area contributed by atoms with Gasteiger partial charge in [-0.3, -0.25) is 4.79 Å². The highest BCUT2D eigenvalue weighted by Crippen LogP contribution is 2.11. The zero-order valence-electron chi connectivity index (χ0n) is 11.0. The normalized spacial score (nSPS) is 10.2. The van der Waals surface area contributed by atoms with Crippen molar-refractivity contribution in [3.8, 4) is 5.75 Å². The molecule has 0 saturated carbocycles. The van der Waals surface area contributed by atoms with Crippen LogP contribution in [0.2, 0.25) is 0 Å². The maximum absolute atomic E-state index is 11.6. The van der Waals surface area contributed by atoms with Gasteiger partial charge in [0.1, 0.15) is 5.75 Å². The second-order valence-electron chi connectivity index (χ2n) is 4.42. The summed E-state index contributed by atoms with van der Waals surface area (Å²) in [6.45, 7) is 2.66. The van der Waals surface area contributed by atoms with Crippen molar-refractivity contribution >= 4 is 5.91 Å². The molecule has 0 spiro atoms. The standard InChI is InChI=1S/C15H18N2O2/c1-12-3-2-4-14(9-12)19-11-15(18)17-8-6-13-5-7-16-10-13/h2-5,7,9-10,16H,6,8,11H2,1H3,(H,17,18). The summed E-state index contributed by atoms with van der Waals surface area (Å²) in [7, 11) is 0. The highest BCUT2D eigenvalue weighted by molar-refractivity contribution is 5.77. The number of aryl methyl sites for hydroxylation is 1. The smallest absolute Gasteiger partial charge is 0.257 e. The van der Waals surface area contributed by atoms with E-state index in [0.29, 0.717) is 6.54 Å². The topological polar surface area (TPSA) is 54.1 Å². The van der Waals surface area contributed by atoms with Gasteiger partial charge in [-0.15, -0.1) is 0 Å². The molecule has 0 radical (unpaired) electrons. The Morgan fingerprint density at radius 1 is 1.37 bits per heavy atom. The third kappa shape index (κ3) is 4.50. The summed E-state index contributed by atoms with van der Waals surface area (Å²) in [5, 5.41) is 2.83. The lowest BCUT2D eigenvalue weighted by Crippen LogP contribution is -2.30. The van der Waals surface area contributed by atoms with Crippen molar-refractivity contribution in [2.45, 2.75) is 13.3 Å². The Labute approximate surface area is 112 Å². The van der Waals surface area contributed by atoms with E-state index in [1.807, 2.05) is 49.6 Å². The van der Waals surface area contributed by atoms with Gasteiger partial charge in [0.25, 0.3) is 5.91 Å². The van der Waals surface area contributed by atoms with E-state index in [2.05, 4.69) is 10.3 Å². The number of hydrogen-bond acceptors (Lipinski definition) is 2. The summed E-state index contributed by atoms with van der Waals surface area (Å²) >= 11 is 0. The number of benzene rings is 1. The largest absolute Gasteiger partial charge is 0.484 e. The van der Waals surface area contributed by atoms with Crippen molar-refractivity contribution in [3.05, 3.63) is 53.9 Å². The molecule has 2 aromatic rings. The van der Waals surface area contributed by atoms with Crippen molar-refractivity contribution in [2.75, 3.05) is 13.2 Å². The molecule has 0 fully saturated rings. The van der Waals surface area contributed by atoms with Gasteiger partial charge in [0.15, 0.2) is 6.61 Å². The average molecular weight is 258 g/mol. The first-order valence-corrected chi connectivity index (χ1v) is 6.32. The number of nitrogens with one attached hydrogen (secondary N) is 2. The fourth-order valence-electron chi connectivity index (χ4n) is 1.77. The first kappa shape index (κ1) is 13.2. The minimum atomic E-state index is -0.1000. The number of H-pyrrole nitrogens is 1. The van der Waals surface area contributed by atoms with Crippen LogP contribution in [-0.4, -0.2) is 24.0 Å². The second kappa shape index (κ2) is 6.64. The van der Waals surface area contributed by atoms with Crippen LogP contribution in [0.1, 0.15) is 11.1 Å². The van der Waals surface area contributed by atoms with Gasteiger partial charge in [-0.05, 0) is 42.7 Å². The van der Waals surface area contributed by atoms with Crippen LogP contribution in [0.4, 0.5) is 0 Å². The minimum absolute atomic E-state index is 0.0522. The van der Waals surface area contributed by atoms with Gasteiger partial charge >= 0.3 is 0 Å². The SMILES string of the molecule is Cc1cccc(OCC(=O)NCCc2cc[nH]c2)c1. The Hall–Kier alpha value is -2.23. The molecule has 2 N–H and O–H groups in total. The quantitative estimate of drug-likeness (QED) is 0.833. The molecule has 0 aliphatic carbocycles. The van der Waals surface area contributed by atoms with Crippen LogP contribution < -0.4 is 10.1 Å². The highest BCUT2D eigenvalue weighted by Gasteiger charge is 2.02. The van der Waals surface area contributed by atoms with Crippen LogP contribution in [-0.2, 0) is 11.2 Å². The summed E-state index contributed by atoms with van der Waals surface area (Å²) in [5.74, 6) is 0.623. The maximum atomic E-state index is 11.6. The van der Waals surface area contributed by atoms with Crippen molar-refractivity contribution < 1.29 is 9.53 Å². The van der Waals surface area contributed by atoms with Gasteiger partial charge in [0.2, 0.25) is 0 Å². The van der Waals surface area contributed by atoms with Crippen LogP contribution in [0.5, 0.6) is 5.75 Å². The summed E-state index contributed by atoms with van der Waals surface area (Å²) in [6.07, 6.45) is 4.62. The van der Waals surface area contributed by atoms with Crippen molar-refractivity contribution in [3.63, 3.8) is 0 Å². The van der Waals surface area contributed by atoms with Crippen LogP contribution >= 0.6 is 0 Å². The zero-order chi connectivity index (χ0) is 13.5. The fraction of sp³-hybridized carbons (Fsp3) is 0.267. The monoisotopic (exact) mass is 258 g/mol. The highest BCUT2D eigenvalue weighted by atomic mass is 16.5. The molecule has 1 aromatic carbocycles. The molecular formula is C15H18N2O2. The summed E-state index contributed by atoms with van der Waals surface area (Å²) in [6, 6.07) is 9.65. The number of hydrogen-bond donors (Lipinski definition) is 2. The van der Waals surface area contributed by atoms with Crippen LogP contribution in [0.25, 0.3) is 0 Å². The molecule has 1 heterocycles. The van der Waals surface area contributed by atoms with E-state index in [0.717, 1.165) is 17.7 Å². The number of amides is 1. The third-order valence-electron chi connectivity index (χ3n) is 2.76. The molecule has 4 nitrogen and oxygen atoms in total. The first-order chi connectivity index (χ1) is 9.24. The van der Waals surface area contributed by atoms with Gasteiger partial charge in [-0.1, -0.05) is 12.1 Å². The molecular weight excluding hydrogens is 240 g/mol. The van der Waals surface area contributed by atoms with Crippen LogP contribution in [0.15, 0.2) is 42.7 Å². The van der Waals surface area contributed by atoms with E-state index in [4.69, 9.17) is 4.74 Å². The summed E-state index contributed by atoms with van der Waals surface area (Å²) < 4.78 is 5.42. The first-order valence-electron chi connectivity index (χ1n) is 6.32. The Kier molecular flexibility index (Phi) is 4.61. The zero-order valence-corrected chi connectivity index (χ0v) is 11.0. The molecule has 0 saturated heterocycles. The number of carbonyl (C=O) groups is 1. The van der Waals surface area contributed by atoms with Crippen molar-refractivity contribution in [1.29, 1.82) is 0 Å². The van der Waals surface area contributed by atoms with E-state index >= 15 is 0 Å². The fourth-order valence-corrected chi connectivity index (χ4v) is 1.77. The molecule has 1 aromatic heterocycles. The van der Waals surface area contributed by atoms with Gasteiger partial charge < -0.3 is 15.0 Å². The predicted octanol–water partition coefficient (Wildman–Crippen LogP) is 2.06. The average Bonchev–Trinajstić information content (AvgIpc) is 2.90. The van der Waals surface area contributed by atoms with E-state index < -0.39 is 0 Å². The van der Waals surface area contributed by atoms with Gasteiger partial charge in [-0.2, -0.15) is 0 Å². The van der Waals surface area contributed by atoms with Crippen molar-refractivity contribution in [1.82, 2.24) is 10.3 Å². The molecule has 4 heteroatoms.